The third-order valence-electron chi connectivity index (χ3n) is 6.59. The molecule has 0 aliphatic carbocycles. The van der Waals surface area contributed by atoms with Crippen LogP contribution in [-0.2, 0) is 28.4 Å². The zero-order valence-electron chi connectivity index (χ0n) is 22.5. The van der Waals surface area contributed by atoms with Crippen LogP contribution in [0.15, 0.2) is 0 Å². The van der Waals surface area contributed by atoms with Crippen LogP contribution in [0.3, 0.4) is 0 Å². The summed E-state index contributed by atoms with van der Waals surface area (Å²) in [7, 11) is 0. The Morgan fingerprint density at radius 3 is 1.68 bits per heavy atom. The zero-order chi connectivity index (χ0) is 28.5. The molecule has 0 spiro atoms. The minimum absolute atomic E-state index is 0. The molecule has 3 rings (SSSR count). The Labute approximate surface area is 303 Å². The molecule has 3 fully saturated rings. The Morgan fingerprint density at radius 2 is 1.12 bits per heavy atom. The van der Waals surface area contributed by atoms with E-state index in [1.54, 1.807) is 20.8 Å². The molecule has 15 atom stereocenters. The molecule has 0 bridgehead atoms. The van der Waals surface area contributed by atoms with Crippen molar-refractivity contribution in [1.82, 2.24) is 0 Å². The summed E-state index contributed by atoms with van der Waals surface area (Å²) in [5.74, 6) is 0. The van der Waals surface area contributed by atoms with Gasteiger partial charge in [0.1, 0.15) is 61.4 Å². The second-order valence-corrected chi connectivity index (χ2v) is 10.7. The summed E-state index contributed by atoms with van der Waals surface area (Å²) in [6.45, 7) is 3.32. The van der Waals surface area contributed by atoms with Gasteiger partial charge in [0.05, 0.1) is 37.6 Å². The van der Waals surface area contributed by atoms with Gasteiger partial charge in [-0.05, 0) is 20.8 Å². The largest absolute Gasteiger partial charge is 0.668 e. The predicted octanol–water partition coefficient (Wildman–Crippen LogP) is -3.63. The first-order chi connectivity index (χ1) is 17.7. The van der Waals surface area contributed by atoms with Gasteiger partial charge in [0.15, 0.2) is 6.29 Å². The molecule has 0 saturated carbocycles. The van der Waals surface area contributed by atoms with Crippen molar-refractivity contribution in [3.05, 3.63) is 11.5 Å². The standard InChI is InChI=1S/C22H40N2O14.2Ac/c1-22(2,3)38-20-10(23)14(29)13(28)9(36-20)6-33-19-11(24)15(30)18(8(5-26)35-19)37-21-17(32)16(31)12(27)7(4-25)34-21;;/h7-21,23-32H,4-6H2,1-3H3;;/q-2;;/t7?,8?,9?,10?,11?,12?,13?,14-,15-,16+,17?,18?,19-,20-,21+;;/m1../s1. The Hall–Kier alpha value is 2.24. The summed E-state index contributed by atoms with van der Waals surface area (Å²) in [4.78, 5) is 0. The Balaban J connectivity index is 0.00000400. The molecule has 3 aliphatic rings. The molecular formula is C22H40Ac2N2O14-2. The van der Waals surface area contributed by atoms with Crippen LogP contribution in [0.2, 0.25) is 0 Å². The van der Waals surface area contributed by atoms with Gasteiger partial charge in [-0.1, -0.05) is 12.1 Å². The minimum Gasteiger partial charge on any atom is -0.668 e. The van der Waals surface area contributed by atoms with Crippen molar-refractivity contribution < 1.29 is 157 Å². The maximum Gasteiger partial charge on any atom is 0.187 e. The average molecular weight is 1010 g/mol. The van der Waals surface area contributed by atoms with Crippen LogP contribution in [0, 0.1) is 88.1 Å². The van der Waals surface area contributed by atoms with E-state index in [1.165, 1.54) is 0 Å². The van der Waals surface area contributed by atoms with Gasteiger partial charge in [0, 0.05) is 88.1 Å². The van der Waals surface area contributed by atoms with E-state index in [9.17, 15) is 40.9 Å². The molecule has 40 heavy (non-hydrogen) atoms. The summed E-state index contributed by atoms with van der Waals surface area (Å²) in [5, 5.41) is 80.7. The van der Waals surface area contributed by atoms with Crippen LogP contribution in [0.25, 0.3) is 11.5 Å². The minimum atomic E-state index is -1.78. The predicted molar refractivity (Wildman–Crippen MR) is 124 cm³/mol. The molecule has 18 heteroatoms. The van der Waals surface area contributed by atoms with E-state index in [-0.39, 0.29) is 88.1 Å². The topological polar surface area (TPSA) is 265 Å². The van der Waals surface area contributed by atoms with Gasteiger partial charge >= 0.3 is 0 Å². The van der Waals surface area contributed by atoms with E-state index in [4.69, 9.17) is 39.9 Å². The number of aliphatic hydroxyl groups excluding tert-OH is 8. The molecular weight excluding hydrogens is 970 g/mol. The van der Waals surface area contributed by atoms with E-state index in [0.717, 1.165) is 0 Å². The van der Waals surface area contributed by atoms with Crippen LogP contribution < -0.4 is 0 Å². The maximum atomic E-state index is 10.8. The monoisotopic (exact) mass is 1010 g/mol. The second-order valence-electron chi connectivity index (χ2n) is 10.7. The number of nitrogens with one attached hydrogen (secondary N) is 2. The molecule has 9 unspecified atom stereocenters. The van der Waals surface area contributed by atoms with Gasteiger partial charge < -0.3 is 80.7 Å². The van der Waals surface area contributed by atoms with Crippen molar-refractivity contribution >= 4 is 0 Å². The summed E-state index contributed by atoms with van der Waals surface area (Å²) in [6.07, 6.45) is -19.4. The number of rotatable bonds is 8. The summed E-state index contributed by atoms with van der Waals surface area (Å²) < 4.78 is 33.2. The van der Waals surface area contributed by atoms with Crippen LogP contribution in [0.4, 0.5) is 0 Å². The number of hydrogen-bond acceptors (Lipinski definition) is 14. The molecule has 0 aromatic rings. The first-order valence-electron chi connectivity index (χ1n) is 12.3. The molecule has 10 N–H and O–H groups in total. The van der Waals surface area contributed by atoms with Crippen molar-refractivity contribution in [3.8, 4) is 0 Å². The van der Waals surface area contributed by atoms with Crippen LogP contribution in [0.5, 0.6) is 0 Å². The zero-order valence-corrected chi connectivity index (χ0v) is 32.0. The summed E-state index contributed by atoms with van der Waals surface area (Å²) >= 11 is 0. The van der Waals surface area contributed by atoms with Gasteiger partial charge in [-0.25, -0.2) is 0 Å². The number of hydrogen-bond donors (Lipinski definition) is 8. The Morgan fingerprint density at radius 1 is 0.625 bits per heavy atom. The Kier molecular flexibility index (Phi) is 17.4. The SMILES string of the molecule is CC(C)(C)O[C@H]1OC(CO[C@@H]2OC(CO)C(O[C@@H]3OC(CO)C(O)[C@H](O)C3O)[C@H](O)C2[NH-])C(O)[C@H](O)C1[NH-].[Ac].[Ac]. The molecule has 2 radical (unpaired) electrons. The van der Waals surface area contributed by atoms with Crippen molar-refractivity contribution in [2.75, 3.05) is 19.8 Å². The molecule has 230 valence electrons. The van der Waals surface area contributed by atoms with Crippen molar-refractivity contribution in [1.29, 1.82) is 0 Å². The van der Waals surface area contributed by atoms with E-state index < -0.39 is 117 Å². The fourth-order valence-electron chi connectivity index (χ4n) is 4.42. The smallest absolute Gasteiger partial charge is 0.187 e. The molecule has 3 heterocycles. The van der Waals surface area contributed by atoms with E-state index >= 15 is 0 Å². The fraction of sp³-hybridized carbons (Fsp3) is 1.00. The number of aliphatic hydroxyl groups is 8. The fourth-order valence-corrected chi connectivity index (χ4v) is 4.42. The van der Waals surface area contributed by atoms with Gasteiger partial charge in [-0.2, -0.15) is 0 Å². The molecule has 3 saturated heterocycles. The summed E-state index contributed by atoms with van der Waals surface area (Å²) in [5.41, 5.74) is 15.7. The molecule has 0 aromatic carbocycles. The van der Waals surface area contributed by atoms with Crippen LogP contribution in [-0.4, -0.2) is 158 Å². The molecule has 0 aromatic heterocycles. The molecule has 0 amide bonds. The van der Waals surface area contributed by atoms with Gasteiger partial charge in [0.25, 0.3) is 0 Å². The third-order valence-corrected chi connectivity index (χ3v) is 6.59. The van der Waals surface area contributed by atoms with Crippen LogP contribution >= 0.6 is 0 Å². The van der Waals surface area contributed by atoms with Crippen molar-refractivity contribution in [2.24, 2.45) is 0 Å². The maximum absolute atomic E-state index is 10.8. The van der Waals surface area contributed by atoms with E-state index in [0.29, 0.717) is 0 Å². The third kappa shape index (κ3) is 9.63. The summed E-state index contributed by atoms with van der Waals surface area (Å²) in [6, 6.07) is -2.83. The van der Waals surface area contributed by atoms with Gasteiger partial charge in [-0.3, -0.25) is 0 Å². The van der Waals surface area contributed by atoms with E-state index in [1.807, 2.05) is 0 Å². The van der Waals surface area contributed by atoms with Crippen LogP contribution in [0.1, 0.15) is 20.8 Å². The molecule has 16 nitrogen and oxygen atoms in total. The quantitative estimate of drug-likeness (QED) is 0.117. The van der Waals surface area contributed by atoms with Crippen molar-refractivity contribution in [2.45, 2.75) is 118 Å². The van der Waals surface area contributed by atoms with E-state index in [2.05, 4.69) is 0 Å². The number of ether oxygens (including phenoxy) is 6. The normalized spacial score (nSPS) is 46.3. The van der Waals surface area contributed by atoms with Gasteiger partial charge in [0.2, 0.25) is 0 Å². The average Bonchev–Trinajstić information content (AvgIpc) is 2.86. The van der Waals surface area contributed by atoms with Crippen molar-refractivity contribution in [3.63, 3.8) is 0 Å². The first-order valence-corrected chi connectivity index (χ1v) is 12.3. The second kappa shape index (κ2) is 17.2. The van der Waals surface area contributed by atoms with Gasteiger partial charge in [-0.15, -0.1) is 0 Å². The molecule has 3 aliphatic heterocycles. The Bertz CT molecular complexity index is 753. The first kappa shape index (κ1) is 40.3.